The Bertz CT molecular complexity index is 792. The number of carbonyl (C=O) groups is 2. The molecule has 0 aliphatic carbocycles. The van der Waals surface area contributed by atoms with E-state index in [9.17, 15) is 9.59 Å². The number of rotatable bonds is 6. The average molecular weight is 331 g/mol. The van der Waals surface area contributed by atoms with Crippen LogP contribution in [0.2, 0.25) is 0 Å². The van der Waals surface area contributed by atoms with Crippen LogP contribution >= 0.6 is 0 Å². The van der Waals surface area contributed by atoms with Gasteiger partial charge in [-0.25, -0.2) is 0 Å². The van der Waals surface area contributed by atoms with Crippen LogP contribution in [0.5, 0.6) is 0 Å². The molecule has 0 saturated heterocycles. The van der Waals surface area contributed by atoms with Gasteiger partial charge in [0, 0.05) is 23.5 Å². The SMILES string of the molecule is O=Cc1ccc(C(=O)N(Cc2ccccn2)Cc2ccccn2)cc1. The summed E-state index contributed by atoms with van der Waals surface area (Å²) in [6, 6.07) is 17.8. The average Bonchev–Trinajstić information content (AvgIpc) is 2.68. The zero-order valence-corrected chi connectivity index (χ0v) is 13.6. The second kappa shape index (κ2) is 7.97. The van der Waals surface area contributed by atoms with Gasteiger partial charge in [0.1, 0.15) is 6.29 Å². The molecule has 0 fully saturated rings. The lowest BCUT2D eigenvalue weighted by Crippen LogP contribution is -2.30. The molecule has 1 amide bonds. The Kier molecular flexibility index (Phi) is 5.26. The highest BCUT2D eigenvalue weighted by molar-refractivity contribution is 5.94. The van der Waals surface area contributed by atoms with E-state index < -0.39 is 0 Å². The molecule has 5 nitrogen and oxygen atoms in total. The van der Waals surface area contributed by atoms with E-state index in [0.29, 0.717) is 24.2 Å². The van der Waals surface area contributed by atoms with Gasteiger partial charge in [-0.15, -0.1) is 0 Å². The van der Waals surface area contributed by atoms with Crippen LogP contribution in [0.25, 0.3) is 0 Å². The van der Waals surface area contributed by atoms with Crippen molar-refractivity contribution in [2.45, 2.75) is 13.1 Å². The van der Waals surface area contributed by atoms with Crippen LogP contribution in [0.1, 0.15) is 32.1 Å². The molecule has 0 radical (unpaired) electrons. The van der Waals surface area contributed by atoms with Gasteiger partial charge in [-0.2, -0.15) is 0 Å². The Morgan fingerprint density at radius 3 is 1.84 bits per heavy atom. The van der Waals surface area contributed by atoms with Gasteiger partial charge in [0.05, 0.1) is 24.5 Å². The summed E-state index contributed by atoms with van der Waals surface area (Å²) in [6.45, 7) is 0.761. The van der Waals surface area contributed by atoms with Crippen molar-refractivity contribution in [1.82, 2.24) is 14.9 Å². The maximum Gasteiger partial charge on any atom is 0.254 e. The molecule has 5 heteroatoms. The first-order valence-corrected chi connectivity index (χ1v) is 7.90. The first-order valence-electron chi connectivity index (χ1n) is 7.90. The minimum Gasteiger partial charge on any atom is -0.327 e. The van der Waals surface area contributed by atoms with Gasteiger partial charge in [-0.1, -0.05) is 24.3 Å². The number of aromatic nitrogens is 2. The first-order chi connectivity index (χ1) is 12.3. The molecule has 0 spiro atoms. The highest BCUT2D eigenvalue weighted by Crippen LogP contribution is 2.13. The summed E-state index contributed by atoms with van der Waals surface area (Å²) < 4.78 is 0. The van der Waals surface area contributed by atoms with Crippen molar-refractivity contribution in [1.29, 1.82) is 0 Å². The standard InChI is InChI=1S/C20H17N3O2/c24-15-16-7-9-17(10-8-16)20(25)23(13-18-5-1-3-11-21-18)14-19-6-2-4-12-22-19/h1-12,15H,13-14H2. The monoisotopic (exact) mass is 331 g/mol. The fraction of sp³-hybridized carbons (Fsp3) is 0.100. The Balaban J connectivity index is 1.85. The van der Waals surface area contributed by atoms with Gasteiger partial charge in [-0.3, -0.25) is 19.6 Å². The fourth-order valence-electron chi connectivity index (χ4n) is 2.46. The van der Waals surface area contributed by atoms with Crippen molar-refractivity contribution in [2.75, 3.05) is 0 Å². The molecule has 2 heterocycles. The van der Waals surface area contributed by atoms with Crippen LogP contribution in [0.15, 0.2) is 73.1 Å². The topological polar surface area (TPSA) is 63.2 Å². The Morgan fingerprint density at radius 2 is 1.40 bits per heavy atom. The smallest absolute Gasteiger partial charge is 0.254 e. The summed E-state index contributed by atoms with van der Waals surface area (Å²) in [6.07, 6.45) is 4.17. The predicted molar refractivity (Wildman–Crippen MR) is 93.9 cm³/mol. The van der Waals surface area contributed by atoms with E-state index in [1.165, 1.54) is 0 Å². The molecule has 124 valence electrons. The molecular weight excluding hydrogens is 314 g/mol. The van der Waals surface area contributed by atoms with Crippen molar-refractivity contribution >= 4 is 12.2 Å². The van der Waals surface area contributed by atoms with Gasteiger partial charge in [0.25, 0.3) is 5.91 Å². The number of amides is 1. The van der Waals surface area contributed by atoms with Crippen LogP contribution in [-0.4, -0.2) is 27.1 Å². The molecule has 0 N–H and O–H groups in total. The van der Waals surface area contributed by atoms with Gasteiger partial charge in [-0.05, 0) is 36.4 Å². The number of nitrogens with zero attached hydrogens (tertiary/aromatic N) is 3. The van der Waals surface area contributed by atoms with Crippen molar-refractivity contribution in [3.63, 3.8) is 0 Å². The lowest BCUT2D eigenvalue weighted by molar-refractivity contribution is 0.0725. The Hall–Kier alpha value is -3.34. The molecule has 1 aromatic carbocycles. The Labute approximate surface area is 146 Å². The third kappa shape index (κ3) is 4.35. The maximum absolute atomic E-state index is 12.9. The molecule has 0 bridgehead atoms. The van der Waals surface area contributed by atoms with Crippen LogP contribution in [0, 0.1) is 0 Å². The maximum atomic E-state index is 12.9. The molecular formula is C20H17N3O2. The van der Waals surface area contributed by atoms with E-state index in [-0.39, 0.29) is 5.91 Å². The van der Waals surface area contributed by atoms with E-state index in [4.69, 9.17) is 0 Å². The molecule has 0 saturated carbocycles. The molecule has 0 aliphatic rings. The molecule has 0 unspecified atom stereocenters. The molecule has 3 rings (SSSR count). The zero-order valence-electron chi connectivity index (χ0n) is 13.6. The molecule has 0 atom stereocenters. The number of hydrogen-bond donors (Lipinski definition) is 0. The van der Waals surface area contributed by atoms with Crippen LogP contribution < -0.4 is 0 Å². The first kappa shape index (κ1) is 16.5. The van der Waals surface area contributed by atoms with Gasteiger partial charge in [0.15, 0.2) is 0 Å². The highest BCUT2D eigenvalue weighted by Gasteiger charge is 2.17. The normalized spacial score (nSPS) is 10.2. The third-order valence-corrected chi connectivity index (χ3v) is 3.74. The minimum absolute atomic E-state index is 0.131. The molecule has 0 aliphatic heterocycles. The van der Waals surface area contributed by atoms with Crippen LogP contribution in [0.4, 0.5) is 0 Å². The largest absolute Gasteiger partial charge is 0.327 e. The lowest BCUT2D eigenvalue weighted by Gasteiger charge is -2.22. The second-order valence-corrected chi connectivity index (χ2v) is 5.54. The number of carbonyl (C=O) groups excluding carboxylic acids is 2. The number of pyridine rings is 2. The van der Waals surface area contributed by atoms with Crippen molar-refractivity contribution in [2.24, 2.45) is 0 Å². The van der Waals surface area contributed by atoms with E-state index in [0.717, 1.165) is 17.7 Å². The Morgan fingerprint density at radius 1 is 0.840 bits per heavy atom. The van der Waals surface area contributed by atoms with Gasteiger partial charge < -0.3 is 4.90 Å². The number of aldehydes is 1. The van der Waals surface area contributed by atoms with Crippen molar-refractivity contribution in [3.8, 4) is 0 Å². The fourth-order valence-corrected chi connectivity index (χ4v) is 2.46. The molecule has 2 aromatic heterocycles. The van der Waals surface area contributed by atoms with Gasteiger partial charge >= 0.3 is 0 Å². The van der Waals surface area contributed by atoms with Crippen molar-refractivity contribution in [3.05, 3.63) is 95.6 Å². The van der Waals surface area contributed by atoms with E-state index in [1.807, 2.05) is 36.4 Å². The van der Waals surface area contributed by atoms with E-state index in [1.54, 1.807) is 41.6 Å². The second-order valence-electron chi connectivity index (χ2n) is 5.54. The summed E-state index contributed by atoms with van der Waals surface area (Å²) in [5.74, 6) is -0.131. The van der Waals surface area contributed by atoms with E-state index >= 15 is 0 Å². The third-order valence-electron chi connectivity index (χ3n) is 3.74. The molecule has 25 heavy (non-hydrogen) atoms. The summed E-state index contributed by atoms with van der Waals surface area (Å²) in [4.78, 5) is 34.0. The van der Waals surface area contributed by atoms with Crippen LogP contribution in [-0.2, 0) is 13.1 Å². The lowest BCUT2D eigenvalue weighted by atomic mass is 10.1. The molecule has 3 aromatic rings. The van der Waals surface area contributed by atoms with Gasteiger partial charge in [0.2, 0.25) is 0 Å². The minimum atomic E-state index is -0.131. The van der Waals surface area contributed by atoms with E-state index in [2.05, 4.69) is 9.97 Å². The highest BCUT2D eigenvalue weighted by atomic mass is 16.2. The summed E-state index contributed by atoms with van der Waals surface area (Å²) >= 11 is 0. The summed E-state index contributed by atoms with van der Waals surface area (Å²) in [5, 5.41) is 0. The predicted octanol–water partition coefficient (Wildman–Crippen LogP) is 3.13. The summed E-state index contributed by atoms with van der Waals surface area (Å²) in [5.41, 5.74) is 2.67. The zero-order chi connectivity index (χ0) is 17.5. The summed E-state index contributed by atoms with van der Waals surface area (Å²) in [7, 11) is 0. The number of hydrogen-bond acceptors (Lipinski definition) is 4. The number of benzene rings is 1. The van der Waals surface area contributed by atoms with Crippen molar-refractivity contribution < 1.29 is 9.59 Å². The quantitative estimate of drug-likeness (QED) is 0.651. The van der Waals surface area contributed by atoms with Crippen LogP contribution in [0.3, 0.4) is 0 Å².